The normalized spacial score (nSPS) is 12.8. The summed E-state index contributed by atoms with van der Waals surface area (Å²) in [6.07, 6.45) is 5.61. The van der Waals surface area contributed by atoms with Crippen LogP contribution in [0.4, 0.5) is 22.9 Å². The first kappa shape index (κ1) is 32.4. The maximum Gasteiger partial charge on any atom is 0.158 e. The van der Waals surface area contributed by atoms with Crippen LogP contribution < -0.4 is 14.5 Å². The number of hydrogen-bond acceptors (Lipinski definition) is 6. The van der Waals surface area contributed by atoms with Crippen molar-refractivity contribution in [3.8, 4) is 28.6 Å². The Labute approximate surface area is 309 Å². The lowest BCUT2D eigenvalue weighted by molar-refractivity contribution is 0.483. The van der Waals surface area contributed by atoms with E-state index in [9.17, 15) is 0 Å². The Bertz CT molecular complexity index is 2630. The Morgan fingerprint density at radius 1 is 0.604 bits per heavy atom. The molecule has 7 nitrogen and oxygen atoms in total. The molecule has 0 unspecified atom stereocenters. The molecule has 0 radical (unpaired) electrons. The van der Waals surface area contributed by atoms with Crippen molar-refractivity contribution in [1.82, 2.24) is 19.5 Å². The summed E-state index contributed by atoms with van der Waals surface area (Å²) in [5.41, 5.74) is 11.1. The van der Waals surface area contributed by atoms with Crippen molar-refractivity contribution in [2.75, 3.05) is 16.5 Å². The third-order valence-corrected chi connectivity index (χ3v) is 10.2. The SMILES string of the molecule is Cc1cc(-c2ccccn2)cc(C)c1N1CN(c2cccc(Oc3ccc4c5ccccc5n(-c5cc(C(C)(C)C)ccn5)c4c3)c2)c2ncccc21. The molecule has 0 bridgehead atoms. The number of pyridine rings is 3. The molecular formula is C46H40N6O. The van der Waals surface area contributed by atoms with Gasteiger partial charge in [-0.15, -0.1) is 0 Å². The van der Waals surface area contributed by atoms with E-state index in [1.165, 1.54) is 27.8 Å². The first-order valence-corrected chi connectivity index (χ1v) is 18.0. The van der Waals surface area contributed by atoms with Gasteiger partial charge in [-0.05, 0) is 115 Å². The van der Waals surface area contributed by atoms with Crippen LogP contribution >= 0.6 is 0 Å². The number of rotatable bonds is 6. The Morgan fingerprint density at radius 3 is 2.19 bits per heavy atom. The molecule has 1 aliphatic rings. The van der Waals surface area contributed by atoms with Crippen LogP contribution in [0, 0.1) is 13.8 Å². The summed E-state index contributed by atoms with van der Waals surface area (Å²) in [5, 5.41) is 2.34. The molecule has 0 saturated heterocycles. The van der Waals surface area contributed by atoms with E-state index < -0.39 is 0 Å². The van der Waals surface area contributed by atoms with E-state index >= 15 is 0 Å². The van der Waals surface area contributed by atoms with Gasteiger partial charge in [0.2, 0.25) is 0 Å². The van der Waals surface area contributed by atoms with Crippen LogP contribution in [0.3, 0.4) is 0 Å². The first-order valence-electron chi connectivity index (χ1n) is 18.0. The van der Waals surface area contributed by atoms with Crippen molar-refractivity contribution < 1.29 is 4.74 Å². The Kier molecular flexibility index (Phi) is 7.73. The van der Waals surface area contributed by atoms with Crippen molar-refractivity contribution >= 4 is 44.7 Å². The van der Waals surface area contributed by atoms with Crippen molar-refractivity contribution in [2.45, 2.75) is 40.0 Å². The van der Waals surface area contributed by atoms with Gasteiger partial charge in [0.15, 0.2) is 5.82 Å². The number of hydrogen-bond donors (Lipinski definition) is 0. The zero-order valence-corrected chi connectivity index (χ0v) is 30.6. The molecule has 0 spiro atoms. The largest absolute Gasteiger partial charge is 0.457 e. The van der Waals surface area contributed by atoms with Crippen LogP contribution in [0.25, 0.3) is 38.9 Å². The minimum atomic E-state index is 0.000508. The van der Waals surface area contributed by atoms with Crippen molar-refractivity contribution in [1.29, 1.82) is 0 Å². The molecule has 4 aromatic heterocycles. The van der Waals surface area contributed by atoms with Crippen molar-refractivity contribution in [3.63, 3.8) is 0 Å². The van der Waals surface area contributed by atoms with Gasteiger partial charge < -0.3 is 14.5 Å². The average molecular weight is 693 g/mol. The smallest absolute Gasteiger partial charge is 0.158 e. The maximum atomic E-state index is 6.64. The quantitative estimate of drug-likeness (QED) is 0.173. The number of anilines is 4. The highest BCUT2D eigenvalue weighted by molar-refractivity contribution is 6.09. The van der Waals surface area contributed by atoms with Crippen molar-refractivity contribution in [2.24, 2.45) is 0 Å². The fraction of sp³-hybridized carbons (Fsp3) is 0.152. The second kappa shape index (κ2) is 12.6. The number of aryl methyl sites for hydroxylation is 2. The van der Waals surface area contributed by atoms with Crippen LogP contribution in [-0.2, 0) is 5.41 Å². The van der Waals surface area contributed by atoms with E-state index in [4.69, 9.17) is 14.7 Å². The Morgan fingerprint density at radius 2 is 1.38 bits per heavy atom. The first-order chi connectivity index (χ1) is 25.7. The molecule has 0 atom stereocenters. The molecule has 5 heterocycles. The van der Waals surface area contributed by atoms with Crippen LogP contribution in [0.2, 0.25) is 0 Å². The third-order valence-electron chi connectivity index (χ3n) is 10.2. The van der Waals surface area contributed by atoms with Gasteiger partial charge in [0.05, 0.1) is 22.4 Å². The highest BCUT2D eigenvalue weighted by atomic mass is 16.5. The van der Waals surface area contributed by atoms with Gasteiger partial charge in [0, 0.05) is 58.4 Å². The summed E-state index contributed by atoms with van der Waals surface area (Å²) in [5.74, 6) is 3.31. The summed E-state index contributed by atoms with van der Waals surface area (Å²) >= 11 is 0. The Balaban J connectivity index is 1.06. The number of fused-ring (bicyclic) bond motifs is 4. The minimum absolute atomic E-state index is 0.000508. The molecular weight excluding hydrogens is 653 g/mol. The van der Waals surface area contributed by atoms with Crippen LogP contribution in [0.15, 0.2) is 140 Å². The lowest BCUT2D eigenvalue weighted by Crippen LogP contribution is -2.25. The highest BCUT2D eigenvalue weighted by Gasteiger charge is 2.31. The molecule has 0 N–H and O–H groups in total. The van der Waals surface area contributed by atoms with Crippen LogP contribution in [-0.4, -0.2) is 26.2 Å². The summed E-state index contributed by atoms with van der Waals surface area (Å²) in [7, 11) is 0. The monoisotopic (exact) mass is 692 g/mol. The molecule has 0 amide bonds. The fourth-order valence-corrected chi connectivity index (χ4v) is 7.67. The topological polar surface area (TPSA) is 59.3 Å². The lowest BCUT2D eigenvalue weighted by Gasteiger charge is -2.25. The second-order valence-corrected chi connectivity index (χ2v) is 14.8. The fourth-order valence-electron chi connectivity index (χ4n) is 7.67. The molecule has 9 rings (SSSR count). The summed E-state index contributed by atoms with van der Waals surface area (Å²) in [6.45, 7) is 11.7. The number of aromatic nitrogens is 4. The number of benzene rings is 4. The molecule has 53 heavy (non-hydrogen) atoms. The van der Waals surface area contributed by atoms with E-state index in [2.05, 4.69) is 145 Å². The standard InChI is InChI=1S/C46H40N6O/c1-30-24-32(39-15-8-9-21-47-39)25-31(2)44(30)51-29-50(45-41(51)17-11-22-49-45)34-12-10-13-35(27-34)53-36-18-19-38-37-14-6-7-16-40(37)52(42(38)28-36)43-26-33(20-23-48-43)46(3,4)5/h6-28H,29H2,1-5H3. The predicted octanol–water partition coefficient (Wildman–Crippen LogP) is 11.6. The zero-order valence-electron chi connectivity index (χ0n) is 30.6. The van der Waals surface area contributed by atoms with Crippen LogP contribution in [0.5, 0.6) is 11.5 Å². The van der Waals surface area contributed by atoms with E-state index in [0.717, 1.165) is 62.2 Å². The van der Waals surface area contributed by atoms with Gasteiger partial charge in [-0.2, -0.15) is 0 Å². The zero-order chi connectivity index (χ0) is 36.3. The number of ether oxygens (including phenoxy) is 1. The molecule has 7 heteroatoms. The number of para-hydroxylation sites is 1. The third kappa shape index (κ3) is 5.75. The van der Waals surface area contributed by atoms with Gasteiger partial charge in [0.1, 0.15) is 24.0 Å². The molecule has 1 aliphatic heterocycles. The summed E-state index contributed by atoms with van der Waals surface area (Å²) in [6, 6.07) is 42.1. The molecule has 8 aromatic rings. The van der Waals surface area contributed by atoms with E-state index in [-0.39, 0.29) is 5.41 Å². The van der Waals surface area contributed by atoms with E-state index in [1.54, 1.807) is 0 Å². The van der Waals surface area contributed by atoms with Gasteiger partial charge in [0.25, 0.3) is 0 Å². The number of nitrogens with zero attached hydrogens (tertiary/aromatic N) is 6. The van der Waals surface area contributed by atoms with E-state index in [0.29, 0.717) is 6.67 Å². The van der Waals surface area contributed by atoms with Crippen LogP contribution in [0.1, 0.15) is 37.5 Å². The van der Waals surface area contributed by atoms with Gasteiger partial charge >= 0.3 is 0 Å². The van der Waals surface area contributed by atoms with Crippen molar-refractivity contribution in [3.05, 3.63) is 157 Å². The van der Waals surface area contributed by atoms with E-state index in [1.807, 2.05) is 48.9 Å². The summed E-state index contributed by atoms with van der Waals surface area (Å²) < 4.78 is 8.89. The lowest BCUT2D eigenvalue weighted by atomic mass is 9.88. The molecule has 0 fully saturated rings. The molecule has 0 saturated carbocycles. The minimum Gasteiger partial charge on any atom is -0.457 e. The second-order valence-electron chi connectivity index (χ2n) is 14.8. The Hall–Kier alpha value is -6.47. The average Bonchev–Trinajstić information content (AvgIpc) is 3.71. The predicted molar refractivity (Wildman–Crippen MR) is 216 cm³/mol. The maximum absolute atomic E-state index is 6.64. The molecule has 4 aromatic carbocycles. The molecule has 0 aliphatic carbocycles. The highest BCUT2D eigenvalue weighted by Crippen LogP contribution is 2.46. The molecule has 260 valence electrons. The van der Waals surface area contributed by atoms with Gasteiger partial charge in [-0.1, -0.05) is 51.1 Å². The van der Waals surface area contributed by atoms with Gasteiger partial charge in [-0.3, -0.25) is 9.55 Å². The van der Waals surface area contributed by atoms with Gasteiger partial charge in [-0.25, -0.2) is 9.97 Å². The summed E-state index contributed by atoms with van der Waals surface area (Å²) in [4.78, 5) is 18.9.